The molecule has 0 aliphatic carbocycles. The first-order valence-electron chi connectivity index (χ1n) is 8.05. The molecule has 1 fully saturated rings. The lowest BCUT2D eigenvalue weighted by Crippen LogP contribution is -2.40. The number of nitrogen functional groups attached to an aromatic ring is 1. The summed E-state index contributed by atoms with van der Waals surface area (Å²) < 4.78 is 5.24. The molecule has 1 unspecified atom stereocenters. The molecule has 0 spiro atoms. The van der Waals surface area contributed by atoms with Crippen LogP contribution in [-0.2, 0) is 0 Å². The molecule has 3 rings (SSSR count). The van der Waals surface area contributed by atoms with Gasteiger partial charge in [0.1, 0.15) is 5.75 Å². The number of halogens is 3. The highest BCUT2D eigenvalue weighted by Gasteiger charge is 2.26. The highest BCUT2D eigenvalue weighted by atomic mass is 35.5. The second-order valence-corrected chi connectivity index (χ2v) is 6.26. The van der Waals surface area contributed by atoms with E-state index in [1.165, 1.54) is 13.2 Å². The van der Waals surface area contributed by atoms with Gasteiger partial charge in [0.05, 0.1) is 23.4 Å². The van der Waals surface area contributed by atoms with Crippen molar-refractivity contribution in [3.05, 3.63) is 41.0 Å². The third-order valence-corrected chi connectivity index (χ3v) is 4.62. The lowest BCUT2D eigenvalue weighted by atomic mass is 10.1. The Kier molecular flexibility index (Phi) is 8.88. The molecular formula is C17H22Cl3N5O2. The Hall–Kier alpha value is -1.96. The number of benzene rings is 1. The van der Waals surface area contributed by atoms with Crippen LogP contribution in [0, 0.1) is 0 Å². The summed E-state index contributed by atoms with van der Waals surface area (Å²) in [5.74, 6) is 0.980. The van der Waals surface area contributed by atoms with Gasteiger partial charge in [0.2, 0.25) is 0 Å². The van der Waals surface area contributed by atoms with Gasteiger partial charge in [-0.15, -0.1) is 29.9 Å². The van der Waals surface area contributed by atoms with E-state index in [0.29, 0.717) is 28.6 Å². The van der Waals surface area contributed by atoms with Gasteiger partial charge in [-0.1, -0.05) is 11.6 Å². The molecule has 1 aliphatic heterocycles. The quantitative estimate of drug-likeness (QED) is 0.703. The monoisotopic (exact) mass is 433 g/mol. The van der Waals surface area contributed by atoms with Gasteiger partial charge in [-0.25, -0.2) is 0 Å². The number of carbonyl (C=O) groups excluding carboxylic acids is 1. The molecular weight excluding hydrogens is 413 g/mol. The number of rotatable bonds is 5. The van der Waals surface area contributed by atoms with Crippen LogP contribution >= 0.6 is 36.4 Å². The first-order valence-corrected chi connectivity index (χ1v) is 8.43. The summed E-state index contributed by atoms with van der Waals surface area (Å²) in [5, 5.41) is 11.4. The van der Waals surface area contributed by atoms with Crippen LogP contribution in [0.15, 0.2) is 30.5 Å². The smallest absolute Gasteiger partial charge is 0.255 e. The van der Waals surface area contributed by atoms with Gasteiger partial charge in [-0.05, 0) is 31.0 Å². The second-order valence-electron chi connectivity index (χ2n) is 5.86. The molecule has 1 aromatic carbocycles. The summed E-state index contributed by atoms with van der Waals surface area (Å²) >= 11 is 6.03. The summed E-state index contributed by atoms with van der Waals surface area (Å²) in [5.41, 5.74) is 6.50. The van der Waals surface area contributed by atoms with Gasteiger partial charge in [0, 0.05) is 31.4 Å². The molecule has 148 valence electrons. The average Bonchev–Trinajstić information content (AvgIpc) is 3.11. The van der Waals surface area contributed by atoms with Gasteiger partial charge in [0.25, 0.3) is 5.91 Å². The van der Waals surface area contributed by atoms with E-state index in [1.807, 2.05) is 12.1 Å². The Bertz CT molecular complexity index is 764. The Morgan fingerprint density at radius 2 is 2.22 bits per heavy atom. The average molecular weight is 435 g/mol. The van der Waals surface area contributed by atoms with Gasteiger partial charge < -0.3 is 20.7 Å². The van der Waals surface area contributed by atoms with E-state index in [2.05, 4.69) is 20.4 Å². The third kappa shape index (κ3) is 5.28. The van der Waals surface area contributed by atoms with E-state index in [9.17, 15) is 4.79 Å². The van der Waals surface area contributed by atoms with Crippen LogP contribution < -0.4 is 20.7 Å². The van der Waals surface area contributed by atoms with Gasteiger partial charge in [-0.2, -0.15) is 5.10 Å². The first-order chi connectivity index (χ1) is 12.1. The number of anilines is 2. The zero-order chi connectivity index (χ0) is 17.8. The zero-order valence-electron chi connectivity index (χ0n) is 14.7. The number of nitrogens with two attached hydrogens (primary N) is 1. The fraction of sp³-hybridized carbons (Fsp3) is 0.353. The van der Waals surface area contributed by atoms with Crippen molar-refractivity contribution in [2.45, 2.75) is 18.9 Å². The summed E-state index contributed by atoms with van der Waals surface area (Å²) in [7, 11) is 1.49. The molecule has 0 saturated carbocycles. The van der Waals surface area contributed by atoms with Crippen molar-refractivity contribution in [2.75, 3.05) is 30.8 Å². The van der Waals surface area contributed by atoms with Crippen molar-refractivity contribution in [1.29, 1.82) is 0 Å². The number of carbonyl (C=O) groups is 1. The molecule has 2 heterocycles. The number of nitrogens with one attached hydrogen (secondary N) is 1. The van der Waals surface area contributed by atoms with E-state index >= 15 is 0 Å². The first kappa shape index (κ1) is 23.1. The van der Waals surface area contributed by atoms with E-state index in [0.717, 1.165) is 25.2 Å². The number of methoxy groups -OCH3 is 1. The molecule has 1 aromatic heterocycles. The van der Waals surface area contributed by atoms with E-state index in [4.69, 9.17) is 22.1 Å². The zero-order valence-corrected chi connectivity index (χ0v) is 17.1. The minimum atomic E-state index is -0.246. The fourth-order valence-corrected chi connectivity index (χ4v) is 3.18. The molecule has 0 bridgehead atoms. The minimum absolute atomic E-state index is 0. The van der Waals surface area contributed by atoms with E-state index in [-0.39, 0.29) is 36.8 Å². The number of amides is 1. The summed E-state index contributed by atoms with van der Waals surface area (Å²) in [6, 6.07) is 7.04. The number of hydrogen-bond donors (Lipinski definition) is 2. The fourth-order valence-electron chi connectivity index (χ4n) is 3.02. The Morgan fingerprint density at radius 3 is 2.89 bits per heavy atom. The number of ether oxygens (including phenoxy) is 1. The van der Waals surface area contributed by atoms with Crippen LogP contribution in [-0.4, -0.2) is 42.3 Å². The van der Waals surface area contributed by atoms with Crippen LogP contribution in [0.2, 0.25) is 5.02 Å². The number of nitrogens with zero attached hydrogens (tertiary/aromatic N) is 3. The van der Waals surface area contributed by atoms with Crippen LogP contribution in [0.5, 0.6) is 5.75 Å². The van der Waals surface area contributed by atoms with Crippen molar-refractivity contribution in [3.63, 3.8) is 0 Å². The Labute approximate surface area is 175 Å². The maximum Gasteiger partial charge on any atom is 0.255 e. The van der Waals surface area contributed by atoms with Gasteiger partial charge >= 0.3 is 0 Å². The third-order valence-electron chi connectivity index (χ3n) is 4.29. The van der Waals surface area contributed by atoms with Crippen LogP contribution in [0.25, 0.3) is 0 Å². The molecule has 10 heteroatoms. The highest BCUT2D eigenvalue weighted by Crippen LogP contribution is 2.29. The maximum absolute atomic E-state index is 12.6. The predicted molar refractivity (Wildman–Crippen MR) is 112 cm³/mol. The van der Waals surface area contributed by atoms with Crippen LogP contribution in [0.4, 0.5) is 11.5 Å². The minimum Gasteiger partial charge on any atom is -0.496 e. The number of aromatic nitrogens is 2. The Morgan fingerprint density at radius 1 is 1.44 bits per heavy atom. The highest BCUT2D eigenvalue weighted by molar-refractivity contribution is 6.33. The topological polar surface area (TPSA) is 93.4 Å². The second kappa shape index (κ2) is 10.4. The van der Waals surface area contributed by atoms with Crippen molar-refractivity contribution in [1.82, 2.24) is 15.5 Å². The van der Waals surface area contributed by atoms with Crippen LogP contribution in [0.3, 0.4) is 0 Å². The van der Waals surface area contributed by atoms with Gasteiger partial charge in [-0.3, -0.25) is 4.79 Å². The molecule has 0 radical (unpaired) electrons. The molecule has 2 aromatic rings. The maximum atomic E-state index is 12.6. The van der Waals surface area contributed by atoms with Crippen molar-refractivity contribution in [2.24, 2.45) is 0 Å². The molecule has 1 atom stereocenters. The summed E-state index contributed by atoms with van der Waals surface area (Å²) in [6.45, 7) is 1.40. The van der Waals surface area contributed by atoms with E-state index < -0.39 is 0 Å². The van der Waals surface area contributed by atoms with Crippen LogP contribution in [0.1, 0.15) is 23.2 Å². The predicted octanol–water partition coefficient (Wildman–Crippen LogP) is 2.96. The summed E-state index contributed by atoms with van der Waals surface area (Å²) in [4.78, 5) is 14.7. The van der Waals surface area contributed by atoms with Crippen molar-refractivity contribution >= 4 is 53.8 Å². The molecule has 27 heavy (non-hydrogen) atoms. The van der Waals surface area contributed by atoms with Crippen molar-refractivity contribution in [3.8, 4) is 5.75 Å². The molecule has 3 N–H and O–H groups in total. The molecule has 1 aliphatic rings. The lowest BCUT2D eigenvalue weighted by Gasteiger charge is -2.25. The molecule has 1 saturated heterocycles. The molecule has 7 nitrogen and oxygen atoms in total. The van der Waals surface area contributed by atoms with Gasteiger partial charge in [0.15, 0.2) is 5.82 Å². The number of hydrogen-bond acceptors (Lipinski definition) is 6. The Balaban J connectivity index is 0.00000182. The van der Waals surface area contributed by atoms with E-state index in [1.54, 1.807) is 12.3 Å². The SMILES string of the molecule is COc1cc(N)c(Cl)cc1C(=O)NCC1CCCN1c1cccnn1.Cl.Cl. The standard InChI is InChI=1S/C17H20ClN5O2.2ClH/c1-25-15-9-14(19)13(18)8-12(15)17(24)20-10-11-4-3-7-23(11)16-5-2-6-21-22-16;;/h2,5-6,8-9,11H,3-4,7,10,19H2,1H3,(H,20,24);2*1H. The van der Waals surface area contributed by atoms with Crippen molar-refractivity contribution < 1.29 is 9.53 Å². The normalized spacial score (nSPS) is 15.5. The lowest BCUT2D eigenvalue weighted by molar-refractivity contribution is 0.0948. The largest absolute Gasteiger partial charge is 0.496 e. The summed E-state index contributed by atoms with van der Waals surface area (Å²) in [6.07, 6.45) is 3.68. The molecule has 1 amide bonds.